The molecule has 2 heteroatoms. The number of rotatable bonds is 5. The molecule has 2 aliphatic rings. The van der Waals surface area contributed by atoms with Crippen LogP contribution in [0.15, 0.2) is 212 Å². The molecule has 0 fully saturated rings. The van der Waals surface area contributed by atoms with Crippen LogP contribution in [0.5, 0.6) is 0 Å². The zero-order chi connectivity index (χ0) is 37.5. The van der Waals surface area contributed by atoms with Crippen molar-refractivity contribution in [3.8, 4) is 44.5 Å². The summed E-state index contributed by atoms with van der Waals surface area (Å²) >= 11 is 1.89. The molecule has 12 rings (SSSR count). The van der Waals surface area contributed by atoms with Crippen molar-refractivity contribution in [2.45, 2.75) is 5.41 Å². The van der Waals surface area contributed by atoms with Crippen molar-refractivity contribution in [3.05, 3.63) is 235 Å². The molecule has 0 atom stereocenters. The third-order valence-corrected chi connectivity index (χ3v) is 13.5. The Morgan fingerprint density at radius 1 is 0.333 bits per heavy atom. The van der Waals surface area contributed by atoms with Gasteiger partial charge in [-0.05, 0) is 92.0 Å². The van der Waals surface area contributed by atoms with Gasteiger partial charge in [0.05, 0.1) is 11.1 Å². The number of anilines is 3. The minimum absolute atomic E-state index is 0.430. The minimum Gasteiger partial charge on any atom is -0.310 e. The molecular formula is C55H35NS. The molecule has 57 heavy (non-hydrogen) atoms. The number of hydrogen-bond donors (Lipinski definition) is 0. The molecule has 0 radical (unpaired) electrons. The van der Waals surface area contributed by atoms with Gasteiger partial charge >= 0.3 is 0 Å². The lowest BCUT2D eigenvalue weighted by molar-refractivity contribution is 0.793. The van der Waals surface area contributed by atoms with E-state index in [1.165, 1.54) is 86.9 Å². The van der Waals surface area contributed by atoms with Crippen LogP contribution in [0, 0.1) is 0 Å². The first-order valence-corrected chi connectivity index (χ1v) is 20.5. The van der Waals surface area contributed by atoms with Gasteiger partial charge in [-0.1, -0.05) is 176 Å². The van der Waals surface area contributed by atoms with E-state index in [1.807, 2.05) is 11.3 Å². The fourth-order valence-electron chi connectivity index (χ4n) is 9.94. The second-order valence-electron chi connectivity index (χ2n) is 15.2. The van der Waals surface area contributed by atoms with Crippen molar-refractivity contribution in [3.63, 3.8) is 0 Å². The quantitative estimate of drug-likeness (QED) is 0.170. The smallest absolute Gasteiger partial charge is 0.0726 e. The molecule has 0 saturated heterocycles. The van der Waals surface area contributed by atoms with Gasteiger partial charge in [-0.3, -0.25) is 0 Å². The first kappa shape index (κ1) is 32.3. The standard InChI is InChI=1S/C55H35NS/c1-2-15-36(16-3-1)37-29-31-38(32-30-37)56(52-27-12-7-20-44(52)46-22-14-23-47-45-21-8-13-28-53(45)57-54(46)47)39-33-34-43-42-19-6-11-26-50(42)55(51(43)35-39)48-24-9-4-17-40(48)41-18-5-10-25-49(41)55/h1-35H. The average Bonchev–Trinajstić information content (AvgIpc) is 3.91. The van der Waals surface area contributed by atoms with Gasteiger partial charge in [-0.2, -0.15) is 0 Å². The van der Waals surface area contributed by atoms with Crippen LogP contribution in [0.25, 0.3) is 64.7 Å². The van der Waals surface area contributed by atoms with Crippen LogP contribution in [-0.4, -0.2) is 0 Å². The normalized spacial score (nSPS) is 13.1. The summed E-state index contributed by atoms with van der Waals surface area (Å²) in [6, 6.07) is 78.7. The SMILES string of the molecule is c1ccc(-c2ccc(N(c3ccc4c(c3)C3(c5ccccc5-c5ccccc53)c3ccccc3-4)c3ccccc3-c3cccc4c3sc3ccccc34)cc2)cc1. The zero-order valence-electron chi connectivity index (χ0n) is 31.1. The second kappa shape index (κ2) is 12.5. The monoisotopic (exact) mass is 741 g/mol. The van der Waals surface area contributed by atoms with E-state index in [2.05, 4.69) is 217 Å². The number of para-hydroxylation sites is 1. The molecule has 1 spiro atoms. The van der Waals surface area contributed by atoms with Gasteiger partial charge < -0.3 is 4.90 Å². The molecule has 2 aliphatic carbocycles. The summed E-state index contributed by atoms with van der Waals surface area (Å²) in [6.45, 7) is 0. The van der Waals surface area contributed by atoms with E-state index < -0.39 is 5.41 Å². The van der Waals surface area contributed by atoms with Gasteiger partial charge in [-0.15, -0.1) is 11.3 Å². The number of fused-ring (bicyclic) bond motifs is 13. The molecule has 0 bridgehead atoms. The number of benzene rings is 9. The Balaban J connectivity index is 1.12. The molecule has 1 aromatic heterocycles. The third kappa shape index (κ3) is 4.62. The number of thiophene rings is 1. The summed E-state index contributed by atoms with van der Waals surface area (Å²) in [5.41, 5.74) is 18.4. The fraction of sp³-hybridized carbons (Fsp3) is 0.0182. The molecule has 10 aromatic rings. The summed E-state index contributed by atoms with van der Waals surface area (Å²) in [5, 5.41) is 2.61. The highest BCUT2D eigenvalue weighted by molar-refractivity contribution is 7.26. The Kier molecular flexibility index (Phi) is 7.08. The van der Waals surface area contributed by atoms with Gasteiger partial charge in [-0.25, -0.2) is 0 Å². The van der Waals surface area contributed by atoms with Gasteiger partial charge in [0, 0.05) is 42.7 Å². The molecule has 1 heterocycles. The molecule has 0 aliphatic heterocycles. The van der Waals surface area contributed by atoms with Crippen molar-refractivity contribution < 1.29 is 0 Å². The topological polar surface area (TPSA) is 3.24 Å². The number of hydrogen-bond acceptors (Lipinski definition) is 2. The highest BCUT2D eigenvalue weighted by atomic mass is 32.1. The Bertz CT molecular complexity index is 3130. The lowest BCUT2D eigenvalue weighted by Gasteiger charge is -2.32. The maximum Gasteiger partial charge on any atom is 0.0726 e. The van der Waals surface area contributed by atoms with Crippen molar-refractivity contribution in [2.24, 2.45) is 0 Å². The molecule has 9 aromatic carbocycles. The molecule has 1 nitrogen and oxygen atoms in total. The lowest BCUT2D eigenvalue weighted by Crippen LogP contribution is -2.26. The molecular weight excluding hydrogens is 707 g/mol. The Labute approximate surface area is 336 Å². The fourth-order valence-corrected chi connectivity index (χ4v) is 11.2. The molecule has 0 amide bonds. The van der Waals surface area contributed by atoms with Crippen molar-refractivity contribution in [1.29, 1.82) is 0 Å². The lowest BCUT2D eigenvalue weighted by atomic mass is 9.70. The van der Waals surface area contributed by atoms with E-state index in [0.29, 0.717) is 0 Å². The zero-order valence-corrected chi connectivity index (χ0v) is 31.9. The van der Waals surface area contributed by atoms with E-state index in [9.17, 15) is 0 Å². The van der Waals surface area contributed by atoms with E-state index >= 15 is 0 Å². The van der Waals surface area contributed by atoms with Crippen LogP contribution in [0.1, 0.15) is 22.3 Å². The van der Waals surface area contributed by atoms with Gasteiger partial charge in [0.1, 0.15) is 0 Å². The second-order valence-corrected chi connectivity index (χ2v) is 16.2. The molecule has 266 valence electrons. The first-order valence-electron chi connectivity index (χ1n) is 19.7. The van der Waals surface area contributed by atoms with E-state index in [-0.39, 0.29) is 0 Å². The number of nitrogens with zero attached hydrogens (tertiary/aromatic N) is 1. The predicted molar refractivity (Wildman–Crippen MR) is 241 cm³/mol. The highest BCUT2D eigenvalue weighted by Gasteiger charge is 2.51. The van der Waals surface area contributed by atoms with Crippen LogP contribution >= 0.6 is 11.3 Å². The summed E-state index contributed by atoms with van der Waals surface area (Å²) in [6.07, 6.45) is 0. The Hall–Kier alpha value is -7.00. The van der Waals surface area contributed by atoms with E-state index in [4.69, 9.17) is 0 Å². The summed E-state index contributed by atoms with van der Waals surface area (Å²) < 4.78 is 2.62. The summed E-state index contributed by atoms with van der Waals surface area (Å²) in [5.74, 6) is 0. The Morgan fingerprint density at radius 3 is 1.54 bits per heavy atom. The molecule has 0 N–H and O–H groups in total. The maximum atomic E-state index is 2.50. The van der Waals surface area contributed by atoms with E-state index in [0.717, 1.165) is 17.1 Å². The van der Waals surface area contributed by atoms with Crippen LogP contribution in [0.2, 0.25) is 0 Å². The van der Waals surface area contributed by atoms with Crippen molar-refractivity contribution in [1.82, 2.24) is 0 Å². The maximum absolute atomic E-state index is 2.50. The van der Waals surface area contributed by atoms with Crippen LogP contribution in [0.4, 0.5) is 17.1 Å². The van der Waals surface area contributed by atoms with Crippen LogP contribution < -0.4 is 4.90 Å². The Morgan fingerprint density at radius 2 is 0.842 bits per heavy atom. The molecule has 0 saturated carbocycles. The summed E-state index contributed by atoms with van der Waals surface area (Å²) in [7, 11) is 0. The minimum atomic E-state index is -0.430. The van der Waals surface area contributed by atoms with Crippen molar-refractivity contribution in [2.75, 3.05) is 4.90 Å². The largest absolute Gasteiger partial charge is 0.310 e. The highest BCUT2D eigenvalue weighted by Crippen LogP contribution is 2.63. The van der Waals surface area contributed by atoms with E-state index in [1.54, 1.807) is 0 Å². The van der Waals surface area contributed by atoms with Crippen LogP contribution in [0.3, 0.4) is 0 Å². The van der Waals surface area contributed by atoms with Gasteiger partial charge in [0.15, 0.2) is 0 Å². The van der Waals surface area contributed by atoms with Gasteiger partial charge in [0.25, 0.3) is 0 Å². The molecule has 0 unspecified atom stereocenters. The van der Waals surface area contributed by atoms with Gasteiger partial charge in [0.2, 0.25) is 0 Å². The first-order chi connectivity index (χ1) is 28.3. The summed E-state index contributed by atoms with van der Waals surface area (Å²) in [4.78, 5) is 2.49. The predicted octanol–water partition coefficient (Wildman–Crippen LogP) is 15.2. The third-order valence-electron chi connectivity index (χ3n) is 12.3. The van der Waals surface area contributed by atoms with Crippen molar-refractivity contribution >= 4 is 48.6 Å². The average molecular weight is 742 g/mol. The van der Waals surface area contributed by atoms with Crippen LogP contribution in [-0.2, 0) is 5.41 Å².